The van der Waals surface area contributed by atoms with Crippen LogP contribution in [0.3, 0.4) is 0 Å². The Hall–Kier alpha value is -1.99. The lowest BCUT2D eigenvalue weighted by Gasteiger charge is -2.12. The molecule has 0 radical (unpaired) electrons. The van der Waals surface area contributed by atoms with Crippen LogP contribution in [0.1, 0.15) is 37.8 Å². The Balaban J connectivity index is 1.89. The van der Waals surface area contributed by atoms with E-state index in [1.54, 1.807) is 10.7 Å². The summed E-state index contributed by atoms with van der Waals surface area (Å²) in [4.78, 5) is 19.2. The maximum Gasteiger partial charge on any atom is 0.277 e. The minimum atomic E-state index is -0.199. The van der Waals surface area contributed by atoms with E-state index < -0.39 is 0 Å². The second-order valence-electron chi connectivity index (χ2n) is 5.24. The van der Waals surface area contributed by atoms with Crippen molar-refractivity contribution in [1.29, 1.82) is 0 Å². The van der Waals surface area contributed by atoms with Crippen molar-refractivity contribution in [1.82, 2.24) is 19.6 Å². The van der Waals surface area contributed by atoms with Crippen LogP contribution in [0.4, 0.5) is 0 Å². The number of nitrogens with zero attached hydrogens (tertiary/aromatic N) is 3. The first-order valence-electron chi connectivity index (χ1n) is 7.61. The Morgan fingerprint density at radius 1 is 1.50 bits per heavy atom. The standard InChI is InChI=1S/C15H20N4O3/c1-2-3-6-22-10-13-17-15(20)12-9-16-14(19(12)18-13)11-4-7-21-8-5-11/h4,9H,2-3,5-8,10H2,1H3,(H,17,18,20). The van der Waals surface area contributed by atoms with E-state index in [0.717, 1.165) is 24.8 Å². The molecule has 0 saturated heterocycles. The highest BCUT2D eigenvalue weighted by molar-refractivity contribution is 5.64. The normalized spacial score (nSPS) is 15.2. The Kier molecular flexibility index (Phi) is 4.65. The highest BCUT2D eigenvalue weighted by atomic mass is 16.5. The highest BCUT2D eigenvalue weighted by Gasteiger charge is 2.15. The van der Waals surface area contributed by atoms with Crippen molar-refractivity contribution in [3.8, 4) is 0 Å². The summed E-state index contributed by atoms with van der Waals surface area (Å²) in [5, 5.41) is 4.46. The first-order chi connectivity index (χ1) is 10.8. The molecular formula is C15H20N4O3. The van der Waals surface area contributed by atoms with Crippen LogP contribution in [0.15, 0.2) is 17.1 Å². The minimum absolute atomic E-state index is 0.199. The average molecular weight is 304 g/mol. The van der Waals surface area contributed by atoms with Crippen molar-refractivity contribution < 1.29 is 9.47 Å². The summed E-state index contributed by atoms with van der Waals surface area (Å²) in [5.74, 6) is 1.22. The molecule has 1 aliphatic rings. The number of aromatic amines is 1. The van der Waals surface area contributed by atoms with Gasteiger partial charge in [0.25, 0.3) is 5.56 Å². The van der Waals surface area contributed by atoms with Gasteiger partial charge in [0.1, 0.15) is 6.61 Å². The first kappa shape index (κ1) is 14.9. The van der Waals surface area contributed by atoms with E-state index in [0.29, 0.717) is 43.6 Å². The molecule has 3 rings (SSSR count). The van der Waals surface area contributed by atoms with Gasteiger partial charge in [-0.25, -0.2) is 9.50 Å². The average Bonchev–Trinajstić information content (AvgIpc) is 2.97. The van der Waals surface area contributed by atoms with Crippen LogP contribution in [0.5, 0.6) is 0 Å². The fourth-order valence-electron chi connectivity index (χ4n) is 2.37. The molecule has 0 unspecified atom stereocenters. The molecule has 118 valence electrons. The van der Waals surface area contributed by atoms with Gasteiger partial charge in [-0.15, -0.1) is 5.10 Å². The number of imidazole rings is 1. The monoisotopic (exact) mass is 304 g/mol. The van der Waals surface area contributed by atoms with Crippen molar-refractivity contribution in [2.24, 2.45) is 0 Å². The Bertz CT molecular complexity index is 732. The summed E-state index contributed by atoms with van der Waals surface area (Å²) >= 11 is 0. The van der Waals surface area contributed by atoms with Crippen LogP contribution in [0, 0.1) is 0 Å². The van der Waals surface area contributed by atoms with Gasteiger partial charge in [0.15, 0.2) is 17.2 Å². The zero-order valence-electron chi connectivity index (χ0n) is 12.7. The van der Waals surface area contributed by atoms with Gasteiger partial charge in [-0.1, -0.05) is 19.4 Å². The van der Waals surface area contributed by atoms with Gasteiger partial charge >= 0.3 is 0 Å². The number of hydrogen-bond donors (Lipinski definition) is 1. The molecular weight excluding hydrogens is 284 g/mol. The summed E-state index contributed by atoms with van der Waals surface area (Å²) < 4.78 is 12.4. The molecule has 0 amide bonds. The third kappa shape index (κ3) is 3.10. The summed E-state index contributed by atoms with van der Waals surface area (Å²) in [5.41, 5.74) is 1.30. The quantitative estimate of drug-likeness (QED) is 0.819. The molecule has 0 saturated carbocycles. The van der Waals surface area contributed by atoms with Gasteiger partial charge in [-0.2, -0.15) is 0 Å². The number of aromatic nitrogens is 4. The second-order valence-corrected chi connectivity index (χ2v) is 5.24. The highest BCUT2D eigenvalue weighted by Crippen LogP contribution is 2.19. The van der Waals surface area contributed by atoms with E-state index >= 15 is 0 Å². The molecule has 0 aliphatic carbocycles. The molecule has 2 aromatic heterocycles. The van der Waals surface area contributed by atoms with Crippen molar-refractivity contribution in [3.05, 3.63) is 34.3 Å². The van der Waals surface area contributed by atoms with Gasteiger partial charge in [0, 0.05) is 6.61 Å². The smallest absolute Gasteiger partial charge is 0.277 e. The number of fused-ring (bicyclic) bond motifs is 1. The van der Waals surface area contributed by atoms with Crippen LogP contribution in [-0.4, -0.2) is 39.4 Å². The number of rotatable bonds is 6. The molecule has 1 N–H and O–H groups in total. The lowest BCUT2D eigenvalue weighted by molar-refractivity contribution is 0.111. The Morgan fingerprint density at radius 3 is 3.18 bits per heavy atom. The van der Waals surface area contributed by atoms with Crippen molar-refractivity contribution in [3.63, 3.8) is 0 Å². The molecule has 0 aromatic carbocycles. The van der Waals surface area contributed by atoms with Crippen molar-refractivity contribution in [2.45, 2.75) is 32.8 Å². The fraction of sp³-hybridized carbons (Fsp3) is 0.533. The van der Waals surface area contributed by atoms with E-state index in [9.17, 15) is 4.79 Å². The first-order valence-corrected chi connectivity index (χ1v) is 7.61. The zero-order valence-corrected chi connectivity index (χ0v) is 12.7. The van der Waals surface area contributed by atoms with E-state index in [1.807, 2.05) is 6.08 Å². The molecule has 0 atom stereocenters. The largest absolute Gasteiger partial charge is 0.377 e. The SMILES string of the molecule is CCCCOCc1nn2c(C3=CCOCC3)ncc2c(=O)[nH]1. The van der Waals surface area contributed by atoms with E-state index in [1.165, 1.54) is 0 Å². The number of H-pyrrole nitrogens is 1. The molecule has 0 fully saturated rings. The van der Waals surface area contributed by atoms with Gasteiger partial charge in [0.2, 0.25) is 0 Å². The van der Waals surface area contributed by atoms with E-state index in [-0.39, 0.29) is 5.56 Å². The Labute approximate surface area is 128 Å². The lowest BCUT2D eigenvalue weighted by atomic mass is 10.1. The number of ether oxygens (including phenoxy) is 2. The molecule has 0 bridgehead atoms. The minimum Gasteiger partial charge on any atom is -0.377 e. The lowest BCUT2D eigenvalue weighted by Crippen LogP contribution is -2.18. The van der Waals surface area contributed by atoms with E-state index in [2.05, 4.69) is 22.0 Å². The zero-order chi connectivity index (χ0) is 15.4. The maximum atomic E-state index is 12.1. The number of hydrogen-bond acceptors (Lipinski definition) is 5. The molecule has 1 aliphatic heterocycles. The fourth-order valence-corrected chi connectivity index (χ4v) is 2.37. The third-order valence-corrected chi connectivity index (χ3v) is 3.58. The summed E-state index contributed by atoms with van der Waals surface area (Å²) in [6.07, 6.45) is 6.38. The maximum absolute atomic E-state index is 12.1. The molecule has 0 spiro atoms. The van der Waals surface area contributed by atoms with Gasteiger partial charge in [-0.3, -0.25) is 4.79 Å². The number of nitrogens with one attached hydrogen (secondary N) is 1. The van der Waals surface area contributed by atoms with Crippen molar-refractivity contribution >= 4 is 11.1 Å². The molecule has 7 heteroatoms. The third-order valence-electron chi connectivity index (χ3n) is 3.58. The molecule has 3 heterocycles. The molecule has 7 nitrogen and oxygen atoms in total. The van der Waals surface area contributed by atoms with Crippen LogP contribution >= 0.6 is 0 Å². The van der Waals surface area contributed by atoms with Crippen LogP contribution < -0.4 is 5.56 Å². The van der Waals surface area contributed by atoms with Gasteiger partial charge in [0.05, 0.1) is 19.4 Å². The van der Waals surface area contributed by atoms with Gasteiger partial charge in [-0.05, 0) is 18.4 Å². The number of unbranched alkanes of at least 4 members (excludes halogenated alkanes) is 1. The van der Waals surface area contributed by atoms with E-state index in [4.69, 9.17) is 9.47 Å². The molecule has 22 heavy (non-hydrogen) atoms. The van der Waals surface area contributed by atoms with Crippen LogP contribution in [-0.2, 0) is 16.1 Å². The predicted octanol–water partition coefficient (Wildman–Crippen LogP) is 1.54. The van der Waals surface area contributed by atoms with Crippen molar-refractivity contribution in [2.75, 3.05) is 19.8 Å². The van der Waals surface area contributed by atoms with Crippen LogP contribution in [0.2, 0.25) is 0 Å². The summed E-state index contributed by atoms with van der Waals surface area (Å²) in [6, 6.07) is 0. The summed E-state index contributed by atoms with van der Waals surface area (Å²) in [7, 11) is 0. The topological polar surface area (TPSA) is 81.5 Å². The Morgan fingerprint density at radius 2 is 2.41 bits per heavy atom. The predicted molar refractivity (Wildman–Crippen MR) is 81.6 cm³/mol. The second kappa shape index (κ2) is 6.85. The van der Waals surface area contributed by atoms with Crippen LogP contribution in [0.25, 0.3) is 11.1 Å². The summed E-state index contributed by atoms with van der Waals surface area (Å²) in [6.45, 7) is 4.30. The van der Waals surface area contributed by atoms with Gasteiger partial charge < -0.3 is 14.5 Å². The molecule has 2 aromatic rings.